The van der Waals surface area contributed by atoms with E-state index in [4.69, 9.17) is 4.42 Å². The van der Waals surface area contributed by atoms with Gasteiger partial charge in [-0.15, -0.1) is 0 Å². The van der Waals surface area contributed by atoms with Crippen LogP contribution in [0.15, 0.2) is 29.0 Å². The Morgan fingerprint density at radius 3 is 2.63 bits per heavy atom. The van der Waals surface area contributed by atoms with Gasteiger partial charge in [0.15, 0.2) is 5.58 Å². The maximum atomic E-state index is 13.1. The molecule has 2 aromatic heterocycles. The van der Waals surface area contributed by atoms with E-state index in [2.05, 4.69) is 9.88 Å². The van der Waals surface area contributed by atoms with Gasteiger partial charge in [-0.3, -0.25) is 14.7 Å². The Labute approximate surface area is 176 Å². The van der Waals surface area contributed by atoms with Crippen molar-refractivity contribution in [3.63, 3.8) is 0 Å². The Hall–Kier alpha value is -1.97. The lowest BCUT2D eigenvalue weighted by Gasteiger charge is -2.43. The summed E-state index contributed by atoms with van der Waals surface area (Å²) in [4.78, 5) is 20.8. The molecular formula is C21H28N4O4S. The van der Waals surface area contributed by atoms with Crippen LogP contribution in [-0.2, 0) is 14.8 Å². The van der Waals surface area contributed by atoms with Crippen LogP contribution in [-0.4, -0.2) is 84.5 Å². The van der Waals surface area contributed by atoms with Crippen LogP contribution in [0.25, 0.3) is 11.1 Å². The van der Waals surface area contributed by atoms with Crippen LogP contribution < -0.4 is 0 Å². The van der Waals surface area contributed by atoms with E-state index in [1.165, 1.54) is 0 Å². The molecule has 30 heavy (non-hydrogen) atoms. The highest BCUT2D eigenvalue weighted by Gasteiger charge is 2.45. The van der Waals surface area contributed by atoms with Crippen LogP contribution in [0.2, 0.25) is 0 Å². The van der Waals surface area contributed by atoms with Gasteiger partial charge >= 0.3 is 0 Å². The fourth-order valence-corrected chi connectivity index (χ4v) is 6.92. The molecule has 8 nitrogen and oxygen atoms in total. The van der Waals surface area contributed by atoms with Crippen LogP contribution in [0.4, 0.5) is 0 Å². The minimum atomic E-state index is -3.38. The van der Waals surface area contributed by atoms with Crippen LogP contribution >= 0.6 is 0 Å². The fraction of sp³-hybridized carbons (Fsp3) is 0.619. The summed E-state index contributed by atoms with van der Waals surface area (Å²) in [6.45, 7) is 2.58. The molecule has 162 valence electrons. The van der Waals surface area contributed by atoms with E-state index >= 15 is 0 Å². The molecule has 2 aromatic rings. The number of furan rings is 1. The summed E-state index contributed by atoms with van der Waals surface area (Å²) in [6, 6.07) is 3.67. The first kappa shape index (κ1) is 20.0. The number of likely N-dealkylation sites (N-methyl/N-ethyl adjacent to an activating group) is 1. The minimum Gasteiger partial charge on any atom is -0.462 e. The van der Waals surface area contributed by atoms with E-state index in [1.54, 1.807) is 21.7 Å². The first-order chi connectivity index (χ1) is 14.4. The third kappa shape index (κ3) is 3.33. The molecule has 0 unspecified atom stereocenters. The van der Waals surface area contributed by atoms with Crippen LogP contribution in [0.5, 0.6) is 0 Å². The monoisotopic (exact) mass is 432 g/mol. The second kappa shape index (κ2) is 7.62. The van der Waals surface area contributed by atoms with Gasteiger partial charge < -0.3 is 9.32 Å². The molecule has 3 saturated heterocycles. The molecule has 3 aliphatic heterocycles. The molecule has 0 N–H and O–H groups in total. The number of carbonyl (C=O) groups excluding carboxylic acids is 1. The number of likely N-dealkylation sites (tertiary alicyclic amines) is 2. The van der Waals surface area contributed by atoms with Crippen molar-refractivity contribution in [2.24, 2.45) is 0 Å². The van der Waals surface area contributed by atoms with Crippen molar-refractivity contribution in [1.82, 2.24) is 19.1 Å². The fourth-order valence-electron chi connectivity index (χ4n) is 5.05. The van der Waals surface area contributed by atoms with Crippen molar-refractivity contribution in [2.45, 2.75) is 42.9 Å². The third-order valence-corrected chi connectivity index (χ3v) is 9.22. The normalized spacial score (nSPS) is 25.1. The van der Waals surface area contributed by atoms with Gasteiger partial charge in [-0.25, -0.2) is 12.7 Å². The average molecular weight is 433 g/mol. The van der Waals surface area contributed by atoms with Gasteiger partial charge in [0.2, 0.25) is 15.9 Å². The second-order valence-electron chi connectivity index (χ2n) is 8.76. The second-order valence-corrected chi connectivity index (χ2v) is 11.0. The topological polar surface area (TPSA) is 87.0 Å². The minimum absolute atomic E-state index is 0.0807. The lowest BCUT2D eigenvalue weighted by atomic mass is 9.91. The van der Waals surface area contributed by atoms with Crippen LogP contribution in [0.1, 0.15) is 37.2 Å². The van der Waals surface area contributed by atoms with E-state index in [-0.39, 0.29) is 17.9 Å². The quantitative estimate of drug-likeness (QED) is 0.730. The number of rotatable bonds is 4. The molecule has 9 heteroatoms. The summed E-state index contributed by atoms with van der Waals surface area (Å²) >= 11 is 0. The number of fused-ring (bicyclic) bond motifs is 1. The van der Waals surface area contributed by atoms with Crippen molar-refractivity contribution in [3.8, 4) is 0 Å². The molecule has 1 atom stereocenters. The molecule has 5 rings (SSSR count). The van der Waals surface area contributed by atoms with Crippen LogP contribution in [0.3, 0.4) is 0 Å². The Morgan fingerprint density at radius 2 is 1.93 bits per heavy atom. The van der Waals surface area contributed by atoms with Crippen molar-refractivity contribution in [1.29, 1.82) is 0 Å². The largest absolute Gasteiger partial charge is 0.462 e. The number of sulfonamides is 1. The third-order valence-electron chi connectivity index (χ3n) is 7.00. The van der Waals surface area contributed by atoms with Gasteiger partial charge in [-0.05, 0) is 57.3 Å². The number of hydrogen-bond donors (Lipinski definition) is 0. The van der Waals surface area contributed by atoms with E-state index in [0.717, 1.165) is 48.9 Å². The molecule has 5 heterocycles. The van der Waals surface area contributed by atoms with Crippen molar-refractivity contribution >= 4 is 27.0 Å². The smallest absolute Gasteiger partial charge is 0.240 e. The van der Waals surface area contributed by atoms with E-state index in [0.29, 0.717) is 26.2 Å². The Balaban J connectivity index is 1.19. The zero-order chi connectivity index (χ0) is 20.9. The zero-order valence-electron chi connectivity index (χ0n) is 17.2. The lowest BCUT2D eigenvalue weighted by molar-refractivity contribution is -0.138. The standard InChI is InChI=1S/C21H28N4O4S/c1-23-9-3-4-18(23)21(26)24-12-16(13-24)30(27,28)25-10-6-15(7-11-25)17-14-29-19-5-2-8-22-20(17)19/h2,5,8,14-16,18H,3-4,6-7,9-13H2,1H3/t18-/m0/s1. The van der Waals surface area contributed by atoms with E-state index < -0.39 is 15.3 Å². The number of aromatic nitrogens is 1. The average Bonchev–Trinajstić information content (AvgIpc) is 3.33. The van der Waals surface area contributed by atoms with E-state index in [9.17, 15) is 13.2 Å². The molecule has 0 aromatic carbocycles. The first-order valence-electron chi connectivity index (χ1n) is 10.8. The number of piperidine rings is 1. The zero-order valence-corrected chi connectivity index (χ0v) is 18.1. The highest BCUT2D eigenvalue weighted by atomic mass is 32.2. The van der Waals surface area contributed by atoms with Gasteiger partial charge in [-0.1, -0.05) is 0 Å². The van der Waals surface area contributed by atoms with Gasteiger partial charge in [0.25, 0.3) is 0 Å². The summed E-state index contributed by atoms with van der Waals surface area (Å²) in [5.74, 6) is 0.337. The first-order valence-corrected chi connectivity index (χ1v) is 12.3. The Kier molecular flexibility index (Phi) is 5.07. The summed E-state index contributed by atoms with van der Waals surface area (Å²) in [6.07, 6.45) is 6.93. The van der Waals surface area contributed by atoms with Gasteiger partial charge in [-0.2, -0.15) is 0 Å². The summed E-state index contributed by atoms with van der Waals surface area (Å²) in [5, 5.41) is -0.471. The maximum absolute atomic E-state index is 13.1. The number of amides is 1. The molecule has 0 bridgehead atoms. The van der Waals surface area contributed by atoms with Gasteiger partial charge in [0.1, 0.15) is 10.8 Å². The van der Waals surface area contributed by atoms with Gasteiger partial charge in [0, 0.05) is 37.9 Å². The maximum Gasteiger partial charge on any atom is 0.240 e. The summed E-state index contributed by atoms with van der Waals surface area (Å²) < 4.78 is 33.4. The predicted molar refractivity (Wildman–Crippen MR) is 112 cm³/mol. The number of hydrogen-bond acceptors (Lipinski definition) is 6. The molecular weight excluding hydrogens is 404 g/mol. The molecule has 0 saturated carbocycles. The highest BCUT2D eigenvalue weighted by Crippen LogP contribution is 2.35. The molecule has 3 aliphatic rings. The number of nitrogens with zero attached hydrogens (tertiary/aromatic N) is 4. The predicted octanol–water partition coefficient (Wildman–Crippen LogP) is 1.64. The van der Waals surface area contributed by atoms with Gasteiger partial charge in [0.05, 0.1) is 12.3 Å². The SMILES string of the molecule is CN1CCC[C@H]1C(=O)N1CC(S(=O)(=O)N2CCC(c3coc4cccnc34)CC2)C1. The molecule has 0 spiro atoms. The molecule has 3 fully saturated rings. The molecule has 0 aliphatic carbocycles. The molecule has 1 amide bonds. The summed E-state index contributed by atoms with van der Waals surface area (Å²) in [5.41, 5.74) is 2.72. The molecule has 0 radical (unpaired) electrons. The Bertz CT molecular complexity index is 1040. The number of pyridine rings is 1. The van der Waals surface area contributed by atoms with Crippen molar-refractivity contribution in [2.75, 3.05) is 39.8 Å². The highest BCUT2D eigenvalue weighted by molar-refractivity contribution is 7.89. The van der Waals surface area contributed by atoms with Crippen LogP contribution in [0, 0.1) is 0 Å². The van der Waals surface area contributed by atoms with Crippen molar-refractivity contribution < 1.29 is 17.6 Å². The summed E-state index contributed by atoms with van der Waals surface area (Å²) in [7, 11) is -1.41. The lowest BCUT2D eigenvalue weighted by Crippen LogP contribution is -2.62. The number of carbonyl (C=O) groups is 1. The van der Waals surface area contributed by atoms with E-state index in [1.807, 2.05) is 19.2 Å². The Morgan fingerprint density at radius 1 is 1.17 bits per heavy atom. The van der Waals surface area contributed by atoms with Crippen molar-refractivity contribution in [3.05, 3.63) is 30.2 Å².